The van der Waals surface area contributed by atoms with Crippen LogP contribution in [0.4, 0.5) is 0 Å². The molecular weight excluding hydrogens is 382 g/mol. The van der Waals surface area contributed by atoms with E-state index in [1.807, 2.05) is 54.6 Å². The zero-order chi connectivity index (χ0) is 17.2. The first-order valence-corrected chi connectivity index (χ1v) is 8.63. The van der Waals surface area contributed by atoms with Gasteiger partial charge in [0.25, 0.3) is 5.56 Å². The molecule has 0 aliphatic rings. The van der Waals surface area contributed by atoms with Gasteiger partial charge in [-0.15, -0.1) is 10.2 Å². The van der Waals surface area contributed by atoms with Crippen molar-refractivity contribution in [1.82, 2.24) is 15.2 Å². The Morgan fingerprint density at radius 2 is 1.68 bits per heavy atom. The lowest BCUT2D eigenvalue weighted by Gasteiger charge is -2.01. The van der Waals surface area contributed by atoms with Crippen molar-refractivity contribution in [3.63, 3.8) is 0 Å². The lowest BCUT2D eigenvalue weighted by atomic mass is 10.1. The number of nitrogens with one attached hydrogen (secondary N) is 1. The molecule has 25 heavy (non-hydrogen) atoms. The number of hydrogen-bond donors (Lipinski definition) is 1. The van der Waals surface area contributed by atoms with Gasteiger partial charge in [0.2, 0.25) is 11.8 Å². The first-order valence-electron chi connectivity index (χ1n) is 7.84. The molecule has 0 radical (unpaired) electrons. The molecule has 0 aliphatic carbocycles. The number of aromatic amines is 1. The second kappa shape index (κ2) is 6.64. The Morgan fingerprint density at radius 1 is 0.960 bits per heavy atom. The molecule has 6 heteroatoms. The number of halogens is 1. The van der Waals surface area contributed by atoms with Gasteiger partial charge >= 0.3 is 0 Å². The minimum Gasteiger partial charge on any atom is -0.425 e. The quantitative estimate of drug-likeness (QED) is 0.569. The third-order valence-corrected chi connectivity index (χ3v) is 4.48. The second-order valence-corrected chi connectivity index (χ2v) is 6.70. The highest BCUT2D eigenvalue weighted by atomic mass is 79.9. The van der Waals surface area contributed by atoms with Crippen molar-refractivity contribution >= 4 is 26.8 Å². The van der Waals surface area contributed by atoms with Gasteiger partial charge in [0.1, 0.15) is 0 Å². The smallest absolute Gasteiger partial charge is 0.252 e. The van der Waals surface area contributed by atoms with Crippen LogP contribution in [0.3, 0.4) is 0 Å². The predicted octanol–water partition coefficient (Wildman–Crippen LogP) is 3.86. The molecule has 0 fully saturated rings. The fraction of sp³-hybridized carbons (Fsp3) is 0.105. The van der Waals surface area contributed by atoms with Crippen molar-refractivity contribution in [2.24, 2.45) is 0 Å². The van der Waals surface area contributed by atoms with Crippen LogP contribution in [0.2, 0.25) is 0 Å². The number of benzene rings is 2. The maximum atomic E-state index is 12.2. The van der Waals surface area contributed by atoms with E-state index in [0.29, 0.717) is 30.2 Å². The summed E-state index contributed by atoms with van der Waals surface area (Å²) in [5.41, 5.74) is 2.38. The van der Waals surface area contributed by atoms with Crippen LogP contribution in [0.5, 0.6) is 0 Å². The van der Waals surface area contributed by atoms with E-state index in [9.17, 15) is 4.79 Å². The van der Waals surface area contributed by atoms with Gasteiger partial charge in [-0.1, -0.05) is 46.3 Å². The molecule has 2 heterocycles. The normalized spacial score (nSPS) is 11.1. The molecular formula is C19H14BrN3O2. The highest BCUT2D eigenvalue weighted by Crippen LogP contribution is 2.15. The van der Waals surface area contributed by atoms with Crippen molar-refractivity contribution in [2.75, 3.05) is 0 Å². The Balaban J connectivity index is 1.55. The van der Waals surface area contributed by atoms with Crippen LogP contribution >= 0.6 is 15.9 Å². The molecule has 0 amide bonds. The Morgan fingerprint density at radius 3 is 2.48 bits per heavy atom. The Bertz CT molecular complexity index is 1080. The third kappa shape index (κ3) is 3.53. The Kier molecular flexibility index (Phi) is 4.19. The zero-order valence-corrected chi connectivity index (χ0v) is 14.8. The van der Waals surface area contributed by atoms with Crippen LogP contribution in [0.15, 0.2) is 68.3 Å². The van der Waals surface area contributed by atoms with Crippen LogP contribution in [0.1, 0.15) is 22.9 Å². The van der Waals surface area contributed by atoms with E-state index in [0.717, 1.165) is 20.9 Å². The van der Waals surface area contributed by atoms with Crippen molar-refractivity contribution in [3.8, 4) is 0 Å². The van der Waals surface area contributed by atoms with Crippen LogP contribution < -0.4 is 5.56 Å². The van der Waals surface area contributed by atoms with Gasteiger partial charge in [-0.05, 0) is 35.2 Å². The molecule has 0 aliphatic heterocycles. The van der Waals surface area contributed by atoms with Crippen molar-refractivity contribution in [1.29, 1.82) is 0 Å². The number of rotatable bonds is 4. The highest BCUT2D eigenvalue weighted by molar-refractivity contribution is 9.10. The summed E-state index contributed by atoms with van der Waals surface area (Å²) in [5, 5.41) is 9.13. The lowest BCUT2D eigenvalue weighted by Crippen LogP contribution is -2.12. The largest absolute Gasteiger partial charge is 0.425 e. The SMILES string of the molecule is O=c1[nH]c2ccccc2cc1Cc1nnc(Cc2ccc(Br)cc2)o1. The van der Waals surface area contributed by atoms with E-state index in [1.165, 1.54) is 0 Å². The molecule has 2 aromatic heterocycles. The van der Waals surface area contributed by atoms with E-state index in [2.05, 4.69) is 31.1 Å². The fourth-order valence-electron chi connectivity index (χ4n) is 2.69. The van der Waals surface area contributed by atoms with Gasteiger partial charge in [0.15, 0.2) is 0 Å². The molecule has 0 saturated heterocycles. The lowest BCUT2D eigenvalue weighted by molar-refractivity contribution is 0.466. The van der Waals surface area contributed by atoms with Crippen molar-refractivity contribution < 1.29 is 4.42 Å². The number of nitrogens with zero attached hydrogens (tertiary/aromatic N) is 2. The molecule has 0 saturated carbocycles. The van der Waals surface area contributed by atoms with Gasteiger partial charge in [-0.2, -0.15) is 0 Å². The standard InChI is InChI=1S/C19H14BrN3O2/c20-15-7-5-12(6-8-15)9-17-22-23-18(25-17)11-14-10-13-3-1-2-4-16(13)21-19(14)24/h1-8,10H,9,11H2,(H,21,24). The van der Waals surface area contributed by atoms with E-state index >= 15 is 0 Å². The first kappa shape index (κ1) is 15.8. The maximum Gasteiger partial charge on any atom is 0.252 e. The van der Waals surface area contributed by atoms with Crippen LogP contribution in [-0.4, -0.2) is 15.2 Å². The number of para-hydroxylation sites is 1. The number of fused-ring (bicyclic) bond motifs is 1. The number of H-pyrrole nitrogens is 1. The zero-order valence-electron chi connectivity index (χ0n) is 13.2. The van der Waals surface area contributed by atoms with Gasteiger partial charge in [-0.25, -0.2) is 0 Å². The first-order chi connectivity index (χ1) is 12.2. The summed E-state index contributed by atoms with van der Waals surface area (Å²) >= 11 is 3.41. The fourth-order valence-corrected chi connectivity index (χ4v) is 2.96. The molecule has 0 spiro atoms. The maximum absolute atomic E-state index is 12.2. The number of aromatic nitrogens is 3. The molecule has 1 N–H and O–H groups in total. The number of hydrogen-bond acceptors (Lipinski definition) is 4. The summed E-state index contributed by atoms with van der Waals surface area (Å²) in [4.78, 5) is 15.1. The highest BCUT2D eigenvalue weighted by Gasteiger charge is 2.11. The summed E-state index contributed by atoms with van der Waals surface area (Å²) in [6.45, 7) is 0. The van der Waals surface area contributed by atoms with Crippen molar-refractivity contribution in [3.05, 3.63) is 92.3 Å². The Labute approximate surface area is 151 Å². The van der Waals surface area contributed by atoms with E-state index in [1.54, 1.807) is 0 Å². The molecule has 0 unspecified atom stereocenters. The predicted molar refractivity (Wildman–Crippen MR) is 98.6 cm³/mol. The van der Waals surface area contributed by atoms with E-state index in [-0.39, 0.29) is 5.56 Å². The molecule has 0 bridgehead atoms. The Hall–Kier alpha value is -2.73. The van der Waals surface area contributed by atoms with Gasteiger partial charge in [0, 0.05) is 15.6 Å². The summed E-state index contributed by atoms with van der Waals surface area (Å²) in [7, 11) is 0. The summed E-state index contributed by atoms with van der Waals surface area (Å²) in [6, 6.07) is 17.5. The minimum atomic E-state index is -0.133. The van der Waals surface area contributed by atoms with E-state index in [4.69, 9.17) is 4.42 Å². The average molecular weight is 396 g/mol. The summed E-state index contributed by atoms with van der Waals surface area (Å²) in [5.74, 6) is 0.974. The third-order valence-electron chi connectivity index (χ3n) is 3.95. The molecule has 5 nitrogen and oxygen atoms in total. The monoisotopic (exact) mass is 395 g/mol. The summed E-state index contributed by atoms with van der Waals surface area (Å²) < 4.78 is 6.73. The van der Waals surface area contributed by atoms with Gasteiger partial charge in [0.05, 0.1) is 12.8 Å². The second-order valence-electron chi connectivity index (χ2n) is 5.78. The average Bonchev–Trinajstić information content (AvgIpc) is 3.05. The summed E-state index contributed by atoms with van der Waals surface area (Å²) in [6.07, 6.45) is 0.877. The molecule has 4 rings (SSSR count). The van der Waals surface area contributed by atoms with Crippen molar-refractivity contribution in [2.45, 2.75) is 12.8 Å². The van der Waals surface area contributed by atoms with Crippen LogP contribution in [-0.2, 0) is 12.8 Å². The molecule has 0 atom stereocenters. The van der Waals surface area contributed by atoms with Gasteiger partial charge in [-0.3, -0.25) is 4.79 Å². The number of pyridine rings is 1. The topological polar surface area (TPSA) is 71.8 Å². The van der Waals surface area contributed by atoms with Gasteiger partial charge < -0.3 is 9.40 Å². The van der Waals surface area contributed by atoms with Crippen LogP contribution in [0, 0.1) is 0 Å². The molecule has 4 aromatic rings. The van der Waals surface area contributed by atoms with E-state index < -0.39 is 0 Å². The molecule has 124 valence electrons. The van der Waals surface area contributed by atoms with Crippen LogP contribution in [0.25, 0.3) is 10.9 Å². The minimum absolute atomic E-state index is 0.133. The molecule has 2 aromatic carbocycles.